The first-order chi connectivity index (χ1) is 8.63. The SMILES string of the molecule is CCCN1CCC(O)(Cc2ccccc2Br)CC1. The molecule has 18 heavy (non-hydrogen) atoms. The van der Waals surface area contributed by atoms with Gasteiger partial charge >= 0.3 is 0 Å². The second kappa shape index (κ2) is 6.18. The number of halogens is 1. The highest BCUT2D eigenvalue weighted by Crippen LogP contribution is 2.29. The van der Waals surface area contributed by atoms with Gasteiger partial charge in [-0.05, 0) is 37.4 Å². The summed E-state index contributed by atoms with van der Waals surface area (Å²) in [5.41, 5.74) is 0.692. The minimum absolute atomic E-state index is 0.520. The van der Waals surface area contributed by atoms with Crippen LogP contribution < -0.4 is 0 Å². The minimum atomic E-state index is -0.520. The Hall–Kier alpha value is -0.380. The van der Waals surface area contributed by atoms with Gasteiger partial charge in [0.1, 0.15) is 0 Å². The summed E-state index contributed by atoms with van der Waals surface area (Å²) in [6, 6.07) is 8.20. The Labute approximate surface area is 118 Å². The molecule has 0 atom stereocenters. The van der Waals surface area contributed by atoms with Crippen molar-refractivity contribution in [3.8, 4) is 0 Å². The molecule has 1 heterocycles. The molecule has 0 unspecified atom stereocenters. The first-order valence-corrected chi connectivity index (χ1v) is 7.60. The normalized spacial score (nSPS) is 19.9. The summed E-state index contributed by atoms with van der Waals surface area (Å²) in [6.07, 6.45) is 3.72. The van der Waals surface area contributed by atoms with E-state index in [9.17, 15) is 5.11 Å². The second-order valence-corrected chi connectivity index (χ2v) is 6.19. The van der Waals surface area contributed by atoms with E-state index < -0.39 is 5.60 Å². The molecule has 3 heteroatoms. The lowest BCUT2D eigenvalue weighted by molar-refractivity contribution is -0.0206. The molecule has 0 amide bonds. The minimum Gasteiger partial charge on any atom is -0.389 e. The number of piperidine rings is 1. The summed E-state index contributed by atoms with van der Waals surface area (Å²) < 4.78 is 1.11. The number of benzene rings is 1. The van der Waals surface area contributed by atoms with Gasteiger partial charge in [-0.2, -0.15) is 0 Å². The lowest BCUT2D eigenvalue weighted by Crippen LogP contribution is -2.45. The Kier molecular flexibility index (Phi) is 4.82. The monoisotopic (exact) mass is 311 g/mol. The molecule has 1 saturated heterocycles. The van der Waals surface area contributed by atoms with Gasteiger partial charge in [0, 0.05) is 24.0 Å². The van der Waals surface area contributed by atoms with Crippen molar-refractivity contribution in [2.45, 2.75) is 38.2 Å². The largest absolute Gasteiger partial charge is 0.389 e. The van der Waals surface area contributed by atoms with Crippen molar-refractivity contribution in [2.75, 3.05) is 19.6 Å². The van der Waals surface area contributed by atoms with Crippen LogP contribution in [0.5, 0.6) is 0 Å². The molecular formula is C15H22BrNO. The Morgan fingerprint density at radius 3 is 2.56 bits per heavy atom. The molecule has 1 aliphatic rings. The fraction of sp³-hybridized carbons (Fsp3) is 0.600. The number of aliphatic hydroxyl groups is 1. The average Bonchev–Trinajstić information content (AvgIpc) is 2.36. The molecule has 0 radical (unpaired) electrons. The predicted molar refractivity (Wildman–Crippen MR) is 78.8 cm³/mol. The third-order valence-corrected chi connectivity index (χ3v) is 4.58. The van der Waals surface area contributed by atoms with Crippen LogP contribution in [0.3, 0.4) is 0 Å². The lowest BCUT2D eigenvalue weighted by Gasteiger charge is -2.38. The van der Waals surface area contributed by atoms with Crippen LogP contribution in [0.2, 0.25) is 0 Å². The smallest absolute Gasteiger partial charge is 0.0712 e. The second-order valence-electron chi connectivity index (χ2n) is 5.33. The highest BCUT2D eigenvalue weighted by Gasteiger charge is 2.32. The van der Waals surface area contributed by atoms with E-state index >= 15 is 0 Å². The standard InChI is InChI=1S/C15H22BrNO/c1-2-9-17-10-7-15(18,8-11-17)12-13-5-3-4-6-14(13)16/h3-6,18H,2,7-12H2,1H3. The third-order valence-electron chi connectivity index (χ3n) is 3.80. The van der Waals surface area contributed by atoms with Crippen molar-refractivity contribution in [1.29, 1.82) is 0 Å². The maximum atomic E-state index is 10.7. The fourth-order valence-corrected chi connectivity index (χ4v) is 3.11. The molecule has 0 aliphatic carbocycles. The first-order valence-electron chi connectivity index (χ1n) is 6.81. The van der Waals surface area contributed by atoms with Crippen molar-refractivity contribution < 1.29 is 5.11 Å². The Morgan fingerprint density at radius 1 is 1.28 bits per heavy atom. The molecule has 1 aliphatic heterocycles. The summed E-state index contributed by atoms with van der Waals surface area (Å²) in [5.74, 6) is 0. The van der Waals surface area contributed by atoms with Gasteiger partial charge in [0.05, 0.1) is 5.60 Å². The summed E-state index contributed by atoms with van der Waals surface area (Å²) in [7, 11) is 0. The fourth-order valence-electron chi connectivity index (χ4n) is 2.68. The Morgan fingerprint density at radius 2 is 1.94 bits per heavy atom. The molecule has 100 valence electrons. The molecule has 2 nitrogen and oxygen atoms in total. The number of rotatable bonds is 4. The molecular weight excluding hydrogens is 290 g/mol. The van der Waals surface area contributed by atoms with Crippen molar-refractivity contribution in [3.63, 3.8) is 0 Å². The van der Waals surface area contributed by atoms with Crippen LogP contribution >= 0.6 is 15.9 Å². The van der Waals surface area contributed by atoms with E-state index in [-0.39, 0.29) is 0 Å². The van der Waals surface area contributed by atoms with Crippen LogP contribution in [0.4, 0.5) is 0 Å². The highest BCUT2D eigenvalue weighted by atomic mass is 79.9. The lowest BCUT2D eigenvalue weighted by atomic mass is 9.85. The molecule has 0 bridgehead atoms. The van der Waals surface area contributed by atoms with E-state index in [1.165, 1.54) is 12.0 Å². The summed E-state index contributed by atoms with van der Waals surface area (Å²) in [4.78, 5) is 2.45. The molecule has 2 rings (SSSR count). The molecule has 1 fully saturated rings. The Balaban J connectivity index is 1.96. The molecule has 0 spiro atoms. The van der Waals surface area contributed by atoms with Crippen LogP contribution in [0, 0.1) is 0 Å². The number of hydrogen-bond donors (Lipinski definition) is 1. The van der Waals surface area contributed by atoms with E-state index in [0.717, 1.165) is 43.4 Å². The number of nitrogens with zero attached hydrogens (tertiary/aromatic N) is 1. The van der Waals surface area contributed by atoms with E-state index in [4.69, 9.17) is 0 Å². The Bertz CT molecular complexity index is 386. The first kappa shape index (κ1) is 14.0. The van der Waals surface area contributed by atoms with Crippen molar-refractivity contribution in [3.05, 3.63) is 34.3 Å². The average molecular weight is 312 g/mol. The van der Waals surface area contributed by atoms with Gasteiger partial charge in [-0.15, -0.1) is 0 Å². The summed E-state index contributed by atoms with van der Waals surface area (Å²) in [6.45, 7) is 5.41. The van der Waals surface area contributed by atoms with Crippen LogP contribution in [-0.2, 0) is 6.42 Å². The van der Waals surface area contributed by atoms with Crippen molar-refractivity contribution >= 4 is 15.9 Å². The van der Waals surface area contributed by atoms with Gasteiger partial charge in [0.2, 0.25) is 0 Å². The van der Waals surface area contributed by atoms with Crippen molar-refractivity contribution in [2.24, 2.45) is 0 Å². The zero-order chi connectivity index (χ0) is 13.0. The molecule has 0 aromatic heterocycles. The van der Waals surface area contributed by atoms with Crippen molar-refractivity contribution in [1.82, 2.24) is 4.90 Å². The highest BCUT2D eigenvalue weighted by molar-refractivity contribution is 9.10. The number of hydrogen-bond acceptors (Lipinski definition) is 2. The van der Waals surface area contributed by atoms with Gasteiger partial charge in [0.15, 0.2) is 0 Å². The maximum absolute atomic E-state index is 10.7. The van der Waals surface area contributed by atoms with Gasteiger partial charge in [-0.1, -0.05) is 41.1 Å². The zero-order valence-electron chi connectivity index (χ0n) is 11.0. The molecule has 0 saturated carbocycles. The van der Waals surface area contributed by atoms with Gasteiger partial charge < -0.3 is 10.0 Å². The summed E-state index contributed by atoms with van der Waals surface area (Å²) in [5, 5.41) is 10.7. The van der Waals surface area contributed by atoms with Crippen LogP contribution in [-0.4, -0.2) is 35.2 Å². The maximum Gasteiger partial charge on any atom is 0.0712 e. The molecule has 1 aromatic rings. The van der Waals surface area contributed by atoms with E-state index in [0.29, 0.717) is 0 Å². The van der Waals surface area contributed by atoms with E-state index in [1.807, 2.05) is 18.2 Å². The van der Waals surface area contributed by atoms with Crippen LogP contribution in [0.15, 0.2) is 28.7 Å². The van der Waals surface area contributed by atoms with E-state index in [2.05, 4.69) is 33.8 Å². The third kappa shape index (κ3) is 3.56. The summed E-state index contributed by atoms with van der Waals surface area (Å²) >= 11 is 3.56. The number of likely N-dealkylation sites (tertiary alicyclic amines) is 1. The van der Waals surface area contributed by atoms with Gasteiger partial charge in [0.25, 0.3) is 0 Å². The van der Waals surface area contributed by atoms with Gasteiger partial charge in [-0.3, -0.25) is 0 Å². The quantitative estimate of drug-likeness (QED) is 0.923. The molecule has 1 N–H and O–H groups in total. The van der Waals surface area contributed by atoms with Crippen LogP contribution in [0.25, 0.3) is 0 Å². The van der Waals surface area contributed by atoms with Gasteiger partial charge in [-0.25, -0.2) is 0 Å². The van der Waals surface area contributed by atoms with Crippen LogP contribution in [0.1, 0.15) is 31.7 Å². The molecule has 1 aromatic carbocycles. The van der Waals surface area contributed by atoms with E-state index in [1.54, 1.807) is 0 Å². The predicted octanol–water partition coefficient (Wildman–Crippen LogP) is 3.23. The zero-order valence-corrected chi connectivity index (χ0v) is 12.6. The topological polar surface area (TPSA) is 23.5 Å².